The van der Waals surface area contributed by atoms with Crippen molar-refractivity contribution >= 4 is 58.1 Å². The van der Waals surface area contributed by atoms with Crippen LogP contribution in [0.5, 0.6) is 5.75 Å². The molecule has 3 aromatic rings. The van der Waals surface area contributed by atoms with Crippen molar-refractivity contribution in [1.29, 1.82) is 0 Å². The van der Waals surface area contributed by atoms with E-state index in [0.717, 1.165) is 0 Å². The zero-order valence-electron chi connectivity index (χ0n) is 18.2. The van der Waals surface area contributed by atoms with Gasteiger partial charge < -0.3 is 10.1 Å². The fourth-order valence-corrected chi connectivity index (χ4v) is 5.82. The summed E-state index contributed by atoms with van der Waals surface area (Å²) < 4.78 is 5.33. The van der Waals surface area contributed by atoms with Crippen molar-refractivity contribution in [2.24, 2.45) is 0 Å². The number of anilines is 3. The van der Waals surface area contributed by atoms with Crippen LogP contribution < -0.4 is 19.9 Å². The van der Waals surface area contributed by atoms with Crippen LogP contribution in [0.15, 0.2) is 72.8 Å². The summed E-state index contributed by atoms with van der Waals surface area (Å²) in [7, 11) is 1.55. The Balaban J connectivity index is 1.51. The summed E-state index contributed by atoms with van der Waals surface area (Å²) in [6, 6.07) is 21.1. The van der Waals surface area contributed by atoms with E-state index in [9.17, 15) is 14.4 Å². The first-order valence-corrected chi connectivity index (χ1v) is 11.9. The lowest BCUT2D eigenvalue weighted by Crippen LogP contribution is -2.50. The lowest BCUT2D eigenvalue weighted by atomic mass is 10.0. The van der Waals surface area contributed by atoms with Crippen LogP contribution >= 0.6 is 23.4 Å². The SMILES string of the molecule is COc1cccc(N2C(=O)CSC23C(=O)N(CC(=O)Nc2ccc(Cl)cc2)c2ccccc23)c1. The Labute approximate surface area is 205 Å². The van der Waals surface area contributed by atoms with E-state index in [1.54, 1.807) is 61.7 Å². The van der Waals surface area contributed by atoms with Crippen molar-refractivity contribution in [3.05, 3.63) is 83.4 Å². The number of nitrogens with one attached hydrogen (secondary N) is 1. The van der Waals surface area contributed by atoms with Crippen molar-refractivity contribution in [1.82, 2.24) is 0 Å². The number of thioether (sulfide) groups is 1. The molecule has 1 atom stereocenters. The molecule has 0 aromatic heterocycles. The minimum absolute atomic E-state index is 0.141. The number of halogens is 1. The number of fused-ring (bicyclic) bond motifs is 2. The average Bonchev–Trinajstić information content (AvgIpc) is 3.31. The van der Waals surface area contributed by atoms with Gasteiger partial charge in [-0.15, -0.1) is 11.8 Å². The number of nitrogens with zero attached hydrogens (tertiary/aromatic N) is 2. The van der Waals surface area contributed by atoms with E-state index >= 15 is 0 Å². The van der Waals surface area contributed by atoms with Crippen molar-refractivity contribution in [3.63, 3.8) is 0 Å². The van der Waals surface area contributed by atoms with Crippen LogP contribution in [0.1, 0.15) is 5.56 Å². The smallest absolute Gasteiger partial charge is 0.269 e. The number of hydrogen-bond donors (Lipinski definition) is 1. The number of hydrogen-bond acceptors (Lipinski definition) is 5. The normalized spacial score (nSPS) is 19.0. The van der Waals surface area contributed by atoms with Gasteiger partial charge in [-0.1, -0.05) is 35.9 Å². The number of rotatable bonds is 5. The van der Waals surface area contributed by atoms with E-state index in [1.807, 2.05) is 18.2 Å². The Kier molecular flexibility index (Phi) is 5.71. The van der Waals surface area contributed by atoms with Crippen LogP contribution in [-0.4, -0.2) is 37.1 Å². The topological polar surface area (TPSA) is 79.0 Å². The predicted octanol–water partition coefficient (Wildman–Crippen LogP) is 4.27. The van der Waals surface area contributed by atoms with Gasteiger partial charge in [0.25, 0.3) is 5.91 Å². The molecule has 5 rings (SSSR count). The summed E-state index contributed by atoms with van der Waals surface area (Å²) in [5.41, 5.74) is 2.42. The standard InChI is InChI=1S/C25H20ClN3O4S/c1-33-19-6-4-5-18(13-19)29-23(31)15-34-25(29)20-7-2-3-8-21(20)28(24(25)32)14-22(30)27-17-11-9-16(26)10-12-17/h2-13H,14-15H2,1H3,(H,27,30). The monoisotopic (exact) mass is 493 g/mol. The van der Waals surface area contributed by atoms with Crippen LogP contribution in [0.3, 0.4) is 0 Å². The van der Waals surface area contributed by atoms with Crippen molar-refractivity contribution < 1.29 is 19.1 Å². The quantitative estimate of drug-likeness (QED) is 0.574. The maximum absolute atomic E-state index is 14.0. The lowest BCUT2D eigenvalue weighted by molar-refractivity contribution is -0.124. The molecule has 2 heterocycles. The minimum atomic E-state index is -1.29. The highest BCUT2D eigenvalue weighted by molar-refractivity contribution is 8.02. The molecular weight excluding hydrogens is 474 g/mol. The molecule has 3 amide bonds. The van der Waals surface area contributed by atoms with Crippen LogP contribution in [0.2, 0.25) is 5.02 Å². The molecular formula is C25H20ClN3O4S. The zero-order chi connectivity index (χ0) is 23.9. The molecule has 1 saturated heterocycles. The van der Waals surface area contributed by atoms with E-state index in [2.05, 4.69) is 5.32 Å². The highest BCUT2D eigenvalue weighted by Gasteiger charge is 2.61. The number of ether oxygens (including phenoxy) is 1. The zero-order valence-corrected chi connectivity index (χ0v) is 19.7. The number of amides is 3. The van der Waals surface area contributed by atoms with E-state index in [4.69, 9.17) is 16.3 Å². The summed E-state index contributed by atoms with van der Waals surface area (Å²) in [5.74, 6) is -0.158. The third-order valence-electron chi connectivity index (χ3n) is 5.81. The summed E-state index contributed by atoms with van der Waals surface area (Å²) in [5, 5.41) is 3.36. The molecule has 2 aliphatic rings. The molecule has 2 aliphatic heterocycles. The van der Waals surface area contributed by atoms with E-state index < -0.39 is 4.87 Å². The Bertz CT molecular complexity index is 1300. The Morgan fingerprint density at radius 3 is 2.62 bits per heavy atom. The first-order chi connectivity index (χ1) is 16.4. The van der Waals surface area contributed by atoms with Crippen molar-refractivity contribution in [3.8, 4) is 5.75 Å². The highest BCUT2D eigenvalue weighted by Crippen LogP contribution is 2.55. The second kappa shape index (κ2) is 8.70. The van der Waals surface area contributed by atoms with Gasteiger partial charge >= 0.3 is 0 Å². The molecule has 1 unspecified atom stereocenters. The van der Waals surface area contributed by atoms with Gasteiger partial charge in [0.05, 0.1) is 18.6 Å². The largest absolute Gasteiger partial charge is 0.497 e. The molecule has 0 saturated carbocycles. The van der Waals surface area contributed by atoms with Gasteiger partial charge in [-0.25, -0.2) is 0 Å². The number of para-hydroxylation sites is 1. The maximum Gasteiger partial charge on any atom is 0.269 e. The second-order valence-electron chi connectivity index (χ2n) is 7.83. The first-order valence-electron chi connectivity index (χ1n) is 10.5. The summed E-state index contributed by atoms with van der Waals surface area (Å²) in [4.78, 5) is 41.6. The second-order valence-corrected chi connectivity index (χ2v) is 9.43. The molecule has 172 valence electrons. The lowest BCUT2D eigenvalue weighted by Gasteiger charge is -2.33. The van der Waals surface area contributed by atoms with Gasteiger partial charge in [-0.3, -0.25) is 24.2 Å². The van der Waals surface area contributed by atoms with E-state index in [-0.39, 0.29) is 30.0 Å². The van der Waals surface area contributed by atoms with Gasteiger partial charge in [0.1, 0.15) is 12.3 Å². The van der Waals surface area contributed by atoms with Gasteiger partial charge in [0, 0.05) is 28.0 Å². The van der Waals surface area contributed by atoms with Gasteiger partial charge in [-0.05, 0) is 42.5 Å². The number of carbonyl (C=O) groups is 3. The van der Waals surface area contributed by atoms with Gasteiger partial charge in [0.2, 0.25) is 16.7 Å². The summed E-state index contributed by atoms with van der Waals surface area (Å²) in [6.07, 6.45) is 0. The van der Waals surface area contributed by atoms with E-state index in [1.165, 1.54) is 21.6 Å². The number of methoxy groups -OCH3 is 1. The molecule has 0 bridgehead atoms. The molecule has 1 spiro atoms. The van der Waals surface area contributed by atoms with E-state index in [0.29, 0.717) is 33.4 Å². The highest BCUT2D eigenvalue weighted by atomic mass is 35.5. The minimum Gasteiger partial charge on any atom is -0.497 e. The third kappa shape index (κ3) is 3.59. The molecule has 1 N–H and O–H groups in total. The summed E-state index contributed by atoms with van der Waals surface area (Å²) >= 11 is 7.18. The molecule has 34 heavy (non-hydrogen) atoms. The predicted molar refractivity (Wildman–Crippen MR) is 133 cm³/mol. The fraction of sp³-hybridized carbons (Fsp3) is 0.160. The van der Waals surface area contributed by atoms with Gasteiger partial charge in [-0.2, -0.15) is 0 Å². The van der Waals surface area contributed by atoms with Crippen LogP contribution in [0, 0.1) is 0 Å². The number of benzene rings is 3. The molecule has 3 aromatic carbocycles. The Morgan fingerprint density at radius 2 is 1.85 bits per heavy atom. The summed E-state index contributed by atoms with van der Waals surface area (Å²) in [6.45, 7) is -0.194. The maximum atomic E-state index is 14.0. The fourth-order valence-electron chi connectivity index (χ4n) is 4.34. The Hall–Kier alpha value is -3.49. The average molecular weight is 494 g/mol. The van der Waals surface area contributed by atoms with Crippen LogP contribution in [-0.2, 0) is 19.3 Å². The molecule has 1 fully saturated rings. The van der Waals surface area contributed by atoms with Crippen LogP contribution in [0.25, 0.3) is 0 Å². The number of carbonyl (C=O) groups excluding carboxylic acids is 3. The van der Waals surface area contributed by atoms with Crippen molar-refractivity contribution in [2.45, 2.75) is 4.87 Å². The third-order valence-corrected chi connectivity index (χ3v) is 7.44. The molecule has 7 nitrogen and oxygen atoms in total. The van der Waals surface area contributed by atoms with Crippen molar-refractivity contribution in [2.75, 3.05) is 34.5 Å². The molecule has 9 heteroatoms. The Morgan fingerprint density at radius 1 is 1.09 bits per heavy atom. The molecule has 0 aliphatic carbocycles. The van der Waals surface area contributed by atoms with Crippen LogP contribution in [0.4, 0.5) is 17.1 Å². The molecule has 0 radical (unpaired) electrons. The first kappa shape index (κ1) is 22.3. The van der Waals surface area contributed by atoms with Gasteiger partial charge in [0.15, 0.2) is 0 Å².